The smallest absolute Gasteiger partial charge is 0.410 e. The first-order chi connectivity index (χ1) is 15.7. The molecular formula is C25H29N5O3. The molecule has 0 aliphatic carbocycles. The number of carbonyl (C=O) groups excluding carboxylic acids is 2. The summed E-state index contributed by atoms with van der Waals surface area (Å²) in [5.74, 6) is 0.224. The Labute approximate surface area is 193 Å². The molecule has 8 heteroatoms. The highest BCUT2D eigenvalue weighted by atomic mass is 16.6. The molecular weight excluding hydrogens is 418 g/mol. The average Bonchev–Trinajstić information content (AvgIpc) is 3.18. The van der Waals surface area contributed by atoms with Gasteiger partial charge in [-0.1, -0.05) is 29.8 Å². The summed E-state index contributed by atoms with van der Waals surface area (Å²) in [7, 11) is 0. The molecule has 2 aromatic heterocycles. The van der Waals surface area contributed by atoms with E-state index in [1.807, 2.05) is 43.7 Å². The van der Waals surface area contributed by atoms with Crippen LogP contribution in [0.15, 0.2) is 49.1 Å². The van der Waals surface area contributed by atoms with Crippen LogP contribution < -0.4 is 5.32 Å². The van der Waals surface area contributed by atoms with E-state index in [2.05, 4.69) is 40.4 Å². The number of benzene rings is 1. The van der Waals surface area contributed by atoms with Crippen molar-refractivity contribution in [3.05, 3.63) is 77.0 Å². The number of rotatable bonds is 4. The van der Waals surface area contributed by atoms with E-state index in [0.717, 1.165) is 11.3 Å². The Hall–Kier alpha value is -3.68. The maximum Gasteiger partial charge on any atom is 0.410 e. The molecule has 1 aliphatic heterocycles. The number of anilines is 1. The lowest BCUT2D eigenvalue weighted by Gasteiger charge is -2.30. The topological polar surface area (TPSA) is 89.4 Å². The highest BCUT2D eigenvalue weighted by Gasteiger charge is 2.27. The van der Waals surface area contributed by atoms with E-state index >= 15 is 0 Å². The molecule has 0 atom stereocenters. The number of aryl methyl sites for hydroxylation is 1. The highest BCUT2D eigenvalue weighted by molar-refractivity contribution is 6.03. The summed E-state index contributed by atoms with van der Waals surface area (Å²) >= 11 is 0. The molecule has 2 amide bonds. The molecule has 172 valence electrons. The van der Waals surface area contributed by atoms with E-state index in [4.69, 9.17) is 4.74 Å². The number of hydrogen-bond acceptors (Lipinski definition) is 5. The zero-order valence-electron chi connectivity index (χ0n) is 19.5. The first-order valence-corrected chi connectivity index (χ1v) is 11.0. The first-order valence-electron chi connectivity index (χ1n) is 11.0. The molecule has 1 aromatic carbocycles. The van der Waals surface area contributed by atoms with Crippen LogP contribution in [0.5, 0.6) is 0 Å². The summed E-state index contributed by atoms with van der Waals surface area (Å²) in [6.45, 7) is 9.17. The molecule has 0 radical (unpaired) electrons. The zero-order chi connectivity index (χ0) is 23.6. The van der Waals surface area contributed by atoms with Crippen LogP contribution in [0.3, 0.4) is 0 Å². The molecule has 33 heavy (non-hydrogen) atoms. The van der Waals surface area contributed by atoms with Gasteiger partial charge in [-0.25, -0.2) is 9.78 Å². The molecule has 1 N–H and O–H groups in total. The second-order valence-corrected chi connectivity index (χ2v) is 9.36. The minimum Gasteiger partial charge on any atom is -0.444 e. The lowest BCUT2D eigenvalue weighted by Crippen LogP contribution is -2.40. The Bertz CT molecular complexity index is 1180. The lowest BCUT2D eigenvalue weighted by atomic mass is 10.0. The summed E-state index contributed by atoms with van der Waals surface area (Å²) in [4.78, 5) is 35.5. The number of nitrogens with one attached hydrogen (secondary N) is 1. The number of hydrogen-bond donors (Lipinski definition) is 1. The molecule has 0 bridgehead atoms. The number of fused-ring (bicyclic) bond motifs is 1. The van der Waals surface area contributed by atoms with Gasteiger partial charge >= 0.3 is 6.09 Å². The van der Waals surface area contributed by atoms with Crippen LogP contribution in [-0.2, 0) is 24.2 Å². The van der Waals surface area contributed by atoms with Crippen LogP contribution in [-0.4, -0.2) is 43.6 Å². The van der Waals surface area contributed by atoms with Crippen LogP contribution in [0.25, 0.3) is 0 Å². The number of ether oxygens (including phenoxy) is 1. The molecule has 3 aromatic rings. The van der Waals surface area contributed by atoms with Crippen LogP contribution in [0.4, 0.5) is 10.6 Å². The van der Waals surface area contributed by atoms with E-state index in [1.54, 1.807) is 11.2 Å². The predicted molar refractivity (Wildman–Crippen MR) is 125 cm³/mol. The first kappa shape index (κ1) is 22.5. The van der Waals surface area contributed by atoms with E-state index in [-0.39, 0.29) is 12.0 Å². The van der Waals surface area contributed by atoms with Gasteiger partial charge < -0.3 is 19.5 Å². The van der Waals surface area contributed by atoms with Gasteiger partial charge in [0.15, 0.2) is 5.82 Å². The summed E-state index contributed by atoms with van der Waals surface area (Å²) in [5.41, 5.74) is 4.05. The maximum atomic E-state index is 12.8. The number of aromatic nitrogens is 3. The summed E-state index contributed by atoms with van der Waals surface area (Å²) in [6.07, 6.45) is 5.32. The van der Waals surface area contributed by atoms with Gasteiger partial charge in [-0.2, -0.15) is 0 Å². The van der Waals surface area contributed by atoms with Crippen molar-refractivity contribution in [2.75, 3.05) is 11.9 Å². The van der Waals surface area contributed by atoms with Gasteiger partial charge in [0.1, 0.15) is 5.60 Å². The number of carbonyl (C=O) groups is 2. The van der Waals surface area contributed by atoms with Crippen LogP contribution >= 0.6 is 0 Å². The molecule has 0 saturated carbocycles. The van der Waals surface area contributed by atoms with Crippen molar-refractivity contribution in [3.8, 4) is 0 Å². The van der Waals surface area contributed by atoms with Gasteiger partial charge in [0.25, 0.3) is 5.91 Å². The van der Waals surface area contributed by atoms with Crippen molar-refractivity contribution in [1.29, 1.82) is 0 Å². The molecule has 4 rings (SSSR count). The van der Waals surface area contributed by atoms with Gasteiger partial charge in [-0.05, 0) is 51.3 Å². The lowest BCUT2D eigenvalue weighted by molar-refractivity contribution is 0.0220. The third-order valence-electron chi connectivity index (χ3n) is 5.29. The van der Waals surface area contributed by atoms with Crippen molar-refractivity contribution >= 4 is 17.8 Å². The monoisotopic (exact) mass is 447 g/mol. The molecule has 3 heterocycles. The van der Waals surface area contributed by atoms with Crippen LogP contribution in [0.2, 0.25) is 0 Å². The van der Waals surface area contributed by atoms with Crippen molar-refractivity contribution in [2.45, 2.75) is 52.8 Å². The molecule has 8 nitrogen and oxygen atoms in total. The van der Waals surface area contributed by atoms with Crippen molar-refractivity contribution in [3.63, 3.8) is 0 Å². The fourth-order valence-corrected chi connectivity index (χ4v) is 3.74. The van der Waals surface area contributed by atoms with E-state index in [0.29, 0.717) is 37.4 Å². The summed E-state index contributed by atoms with van der Waals surface area (Å²) in [6, 6.07) is 10.1. The molecule has 0 fully saturated rings. The second-order valence-electron chi connectivity index (χ2n) is 9.36. The third-order valence-corrected chi connectivity index (χ3v) is 5.29. The van der Waals surface area contributed by atoms with E-state index in [9.17, 15) is 9.59 Å². The van der Waals surface area contributed by atoms with Gasteiger partial charge in [-0.15, -0.1) is 0 Å². The second kappa shape index (κ2) is 9.05. The van der Waals surface area contributed by atoms with Gasteiger partial charge in [0.2, 0.25) is 0 Å². The van der Waals surface area contributed by atoms with Gasteiger partial charge in [-0.3, -0.25) is 9.78 Å². The molecule has 0 spiro atoms. The minimum absolute atomic E-state index is 0.263. The normalized spacial score (nSPS) is 13.4. The Morgan fingerprint density at radius 3 is 2.76 bits per heavy atom. The molecule has 0 saturated heterocycles. The number of pyridine rings is 1. The number of nitrogens with zero attached hydrogens (tertiary/aromatic N) is 4. The SMILES string of the molecule is Cc1cccc(Cn2cnc(NC(=O)c3cnc4c(c3)CCN(C(=O)OC(C)(C)C)C4)c2)c1. The Morgan fingerprint density at radius 1 is 1.18 bits per heavy atom. The highest BCUT2D eigenvalue weighted by Crippen LogP contribution is 2.21. The average molecular weight is 448 g/mol. The Morgan fingerprint density at radius 2 is 2.00 bits per heavy atom. The Kier molecular flexibility index (Phi) is 6.18. The van der Waals surface area contributed by atoms with Crippen LogP contribution in [0.1, 0.15) is 53.5 Å². The number of amides is 2. The van der Waals surface area contributed by atoms with Gasteiger partial charge in [0.05, 0.1) is 24.1 Å². The Balaban J connectivity index is 1.38. The zero-order valence-corrected chi connectivity index (χ0v) is 19.5. The standard InChI is InChI=1S/C25H29N5O3/c1-17-6-5-7-18(10-17)13-29-15-22(27-16-29)28-23(31)20-11-19-8-9-30(14-21(19)26-12-20)24(32)33-25(2,3)4/h5-7,10-12,15-16H,8-9,13-14H2,1-4H3,(H,28,31). The fourth-order valence-electron chi connectivity index (χ4n) is 3.74. The molecule has 1 aliphatic rings. The summed E-state index contributed by atoms with van der Waals surface area (Å²) < 4.78 is 7.38. The summed E-state index contributed by atoms with van der Waals surface area (Å²) in [5, 5.41) is 2.84. The maximum absolute atomic E-state index is 12.8. The van der Waals surface area contributed by atoms with Gasteiger partial charge in [0, 0.05) is 25.5 Å². The van der Waals surface area contributed by atoms with E-state index in [1.165, 1.54) is 17.3 Å². The van der Waals surface area contributed by atoms with Crippen molar-refractivity contribution in [2.24, 2.45) is 0 Å². The van der Waals surface area contributed by atoms with Crippen molar-refractivity contribution < 1.29 is 14.3 Å². The third kappa shape index (κ3) is 5.77. The molecule has 0 unspecified atom stereocenters. The van der Waals surface area contributed by atoms with E-state index < -0.39 is 5.60 Å². The largest absolute Gasteiger partial charge is 0.444 e. The predicted octanol–water partition coefficient (Wildman–Crippen LogP) is 4.18. The number of imidazole rings is 1. The van der Waals surface area contributed by atoms with Crippen LogP contribution in [0, 0.1) is 6.92 Å². The fraction of sp³-hybridized carbons (Fsp3) is 0.360. The quantitative estimate of drug-likeness (QED) is 0.648. The van der Waals surface area contributed by atoms with Crippen molar-refractivity contribution in [1.82, 2.24) is 19.4 Å². The minimum atomic E-state index is -0.542.